The first-order chi connectivity index (χ1) is 12.1. The van der Waals surface area contributed by atoms with Crippen LogP contribution in [0.25, 0.3) is 0 Å². The molecule has 1 N–H and O–H groups in total. The van der Waals surface area contributed by atoms with Gasteiger partial charge in [0, 0.05) is 37.3 Å². The largest absolute Gasteiger partial charge is 0.352 e. The van der Waals surface area contributed by atoms with E-state index in [0.717, 1.165) is 26.1 Å². The normalized spacial score (nSPS) is 17.4. The Morgan fingerprint density at radius 2 is 1.88 bits per heavy atom. The van der Waals surface area contributed by atoms with Gasteiger partial charge in [0.15, 0.2) is 0 Å². The van der Waals surface area contributed by atoms with Gasteiger partial charge in [0.1, 0.15) is 0 Å². The van der Waals surface area contributed by atoms with Crippen molar-refractivity contribution in [2.75, 3.05) is 13.1 Å². The number of rotatable bonds is 6. The minimum atomic E-state index is -0.445. The van der Waals surface area contributed by atoms with Crippen LogP contribution < -0.4 is 5.32 Å². The highest BCUT2D eigenvalue weighted by atomic mass is 16.6. The van der Waals surface area contributed by atoms with Crippen molar-refractivity contribution in [2.45, 2.75) is 25.4 Å². The summed E-state index contributed by atoms with van der Waals surface area (Å²) in [7, 11) is 0. The number of nitrogens with zero attached hydrogens (tertiary/aromatic N) is 2. The van der Waals surface area contributed by atoms with E-state index in [-0.39, 0.29) is 24.1 Å². The first-order valence-electron chi connectivity index (χ1n) is 8.40. The number of hydrogen-bond donors (Lipinski definition) is 1. The third kappa shape index (κ3) is 4.64. The van der Waals surface area contributed by atoms with Crippen LogP contribution in [0.2, 0.25) is 0 Å². The zero-order valence-corrected chi connectivity index (χ0v) is 13.9. The Balaban J connectivity index is 1.52. The lowest BCUT2D eigenvalue weighted by Gasteiger charge is -2.17. The standard InChI is InChI=1S/C19H21N3O3/c23-19(12-16-8-4-5-9-18(16)22(24)25)20-17-10-11-21(14-17)13-15-6-2-1-3-7-15/h1-9,17H,10-14H2,(H,20,23). The highest BCUT2D eigenvalue weighted by molar-refractivity contribution is 5.80. The Labute approximate surface area is 146 Å². The van der Waals surface area contributed by atoms with Gasteiger partial charge >= 0.3 is 0 Å². The summed E-state index contributed by atoms with van der Waals surface area (Å²) in [6, 6.07) is 16.7. The number of carbonyl (C=O) groups is 1. The van der Waals surface area contributed by atoms with Gasteiger partial charge in [-0.1, -0.05) is 48.5 Å². The van der Waals surface area contributed by atoms with Crippen LogP contribution in [0.1, 0.15) is 17.5 Å². The molecule has 1 aliphatic heterocycles. The molecule has 0 spiro atoms. The molecule has 1 unspecified atom stereocenters. The molecule has 0 bridgehead atoms. The van der Waals surface area contributed by atoms with Gasteiger partial charge < -0.3 is 5.32 Å². The van der Waals surface area contributed by atoms with Crippen molar-refractivity contribution in [1.82, 2.24) is 10.2 Å². The van der Waals surface area contributed by atoms with Gasteiger partial charge in [-0.2, -0.15) is 0 Å². The fraction of sp³-hybridized carbons (Fsp3) is 0.316. The second-order valence-corrected chi connectivity index (χ2v) is 6.34. The molecule has 0 aliphatic carbocycles. The number of carbonyl (C=O) groups excluding carboxylic acids is 1. The maximum atomic E-state index is 12.3. The van der Waals surface area contributed by atoms with E-state index < -0.39 is 4.92 Å². The summed E-state index contributed by atoms with van der Waals surface area (Å²) in [6.07, 6.45) is 0.932. The molecule has 130 valence electrons. The van der Waals surface area contributed by atoms with Crippen molar-refractivity contribution >= 4 is 11.6 Å². The monoisotopic (exact) mass is 339 g/mol. The van der Waals surface area contributed by atoms with Crippen LogP contribution in [0.4, 0.5) is 5.69 Å². The third-order valence-corrected chi connectivity index (χ3v) is 4.43. The van der Waals surface area contributed by atoms with E-state index in [1.165, 1.54) is 11.6 Å². The number of hydrogen-bond acceptors (Lipinski definition) is 4. The molecule has 1 heterocycles. The quantitative estimate of drug-likeness (QED) is 0.648. The van der Waals surface area contributed by atoms with E-state index in [1.54, 1.807) is 18.2 Å². The average molecular weight is 339 g/mol. The molecule has 2 aromatic carbocycles. The van der Waals surface area contributed by atoms with Gasteiger partial charge in [-0.05, 0) is 12.0 Å². The average Bonchev–Trinajstić information content (AvgIpc) is 3.02. The van der Waals surface area contributed by atoms with Crippen LogP contribution in [0, 0.1) is 10.1 Å². The van der Waals surface area contributed by atoms with Crippen LogP contribution in [0.5, 0.6) is 0 Å². The summed E-state index contributed by atoms with van der Waals surface area (Å²) in [5.74, 6) is -0.166. The number of nitrogens with one attached hydrogen (secondary N) is 1. The summed E-state index contributed by atoms with van der Waals surface area (Å²) in [5, 5.41) is 14.0. The van der Waals surface area contributed by atoms with Crippen molar-refractivity contribution in [1.29, 1.82) is 0 Å². The lowest BCUT2D eigenvalue weighted by atomic mass is 10.1. The minimum absolute atomic E-state index is 0.00484. The van der Waals surface area contributed by atoms with Crippen LogP contribution in [0.15, 0.2) is 54.6 Å². The SMILES string of the molecule is O=C(Cc1ccccc1[N+](=O)[O-])NC1CCN(Cc2ccccc2)C1. The lowest BCUT2D eigenvalue weighted by Crippen LogP contribution is -2.37. The van der Waals surface area contributed by atoms with Gasteiger partial charge in [0.2, 0.25) is 5.91 Å². The fourth-order valence-corrected chi connectivity index (χ4v) is 3.23. The summed E-state index contributed by atoms with van der Waals surface area (Å²) < 4.78 is 0. The minimum Gasteiger partial charge on any atom is -0.352 e. The Hall–Kier alpha value is -2.73. The highest BCUT2D eigenvalue weighted by Gasteiger charge is 2.24. The molecule has 1 saturated heterocycles. The Kier molecular flexibility index (Phi) is 5.40. The predicted octanol–water partition coefficient (Wildman–Crippen LogP) is 2.53. The molecule has 1 atom stereocenters. The van der Waals surface area contributed by atoms with Gasteiger partial charge in [-0.25, -0.2) is 0 Å². The molecule has 2 aromatic rings. The molecule has 25 heavy (non-hydrogen) atoms. The maximum Gasteiger partial charge on any atom is 0.273 e. The van der Waals surface area contributed by atoms with Crippen molar-refractivity contribution in [3.8, 4) is 0 Å². The molecule has 6 heteroatoms. The fourth-order valence-electron chi connectivity index (χ4n) is 3.23. The molecule has 0 aromatic heterocycles. The zero-order valence-electron chi connectivity index (χ0n) is 13.9. The molecule has 0 radical (unpaired) electrons. The second kappa shape index (κ2) is 7.90. The number of amides is 1. The van der Waals surface area contributed by atoms with E-state index in [1.807, 2.05) is 18.2 Å². The summed E-state index contributed by atoms with van der Waals surface area (Å²) in [5.41, 5.74) is 1.70. The lowest BCUT2D eigenvalue weighted by molar-refractivity contribution is -0.385. The molecule has 1 fully saturated rings. The summed E-state index contributed by atoms with van der Waals surface area (Å²) >= 11 is 0. The third-order valence-electron chi connectivity index (χ3n) is 4.43. The summed E-state index contributed by atoms with van der Waals surface area (Å²) in [6.45, 7) is 2.61. The van der Waals surface area contributed by atoms with Gasteiger partial charge in [-0.3, -0.25) is 19.8 Å². The highest BCUT2D eigenvalue weighted by Crippen LogP contribution is 2.19. The first kappa shape index (κ1) is 17.1. The Morgan fingerprint density at radius 1 is 1.16 bits per heavy atom. The van der Waals surface area contributed by atoms with Crippen LogP contribution >= 0.6 is 0 Å². The number of likely N-dealkylation sites (tertiary alicyclic amines) is 1. The Morgan fingerprint density at radius 3 is 2.64 bits per heavy atom. The molecule has 1 aliphatic rings. The van der Waals surface area contributed by atoms with Crippen LogP contribution in [-0.2, 0) is 17.8 Å². The Bertz CT molecular complexity index is 749. The first-order valence-corrected chi connectivity index (χ1v) is 8.40. The van der Waals surface area contributed by atoms with Crippen molar-refractivity contribution < 1.29 is 9.72 Å². The molecule has 1 amide bonds. The van der Waals surface area contributed by atoms with E-state index in [9.17, 15) is 14.9 Å². The predicted molar refractivity (Wildman–Crippen MR) is 95.1 cm³/mol. The maximum absolute atomic E-state index is 12.3. The summed E-state index contributed by atoms with van der Waals surface area (Å²) in [4.78, 5) is 25.2. The molecular weight excluding hydrogens is 318 g/mol. The molecule has 3 rings (SSSR count). The van der Waals surface area contributed by atoms with Gasteiger partial charge in [0.05, 0.1) is 11.3 Å². The molecule has 0 saturated carbocycles. The number of nitro groups is 1. The van der Waals surface area contributed by atoms with Gasteiger partial charge in [0.25, 0.3) is 5.69 Å². The zero-order chi connectivity index (χ0) is 17.6. The van der Waals surface area contributed by atoms with Gasteiger partial charge in [-0.15, -0.1) is 0 Å². The van der Waals surface area contributed by atoms with Crippen molar-refractivity contribution in [3.63, 3.8) is 0 Å². The van der Waals surface area contributed by atoms with E-state index in [0.29, 0.717) is 5.56 Å². The topological polar surface area (TPSA) is 75.5 Å². The van der Waals surface area contributed by atoms with E-state index in [4.69, 9.17) is 0 Å². The van der Waals surface area contributed by atoms with E-state index in [2.05, 4.69) is 22.3 Å². The van der Waals surface area contributed by atoms with E-state index >= 15 is 0 Å². The van der Waals surface area contributed by atoms with Crippen LogP contribution in [-0.4, -0.2) is 34.9 Å². The second-order valence-electron chi connectivity index (χ2n) is 6.34. The molecular formula is C19H21N3O3. The number of benzene rings is 2. The molecule has 6 nitrogen and oxygen atoms in total. The number of para-hydroxylation sites is 1. The van der Waals surface area contributed by atoms with Crippen molar-refractivity contribution in [2.24, 2.45) is 0 Å². The van der Waals surface area contributed by atoms with Crippen molar-refractivity contribution in [3.05, 3.63) is 75.8 Å². The smallest absolute Gasteiger partial charge is 0.273 e. The number of nitro benzene ring substituents is 1. The van der Waals surface area contributed by atoms with Crippen LogP contribution in [0.3, 0.4) is 0 Å².